The second-order valence-electron chi connectivity index (χ2n) is 7.02. The number of anilines is 2. The minimum atomic E-state index is -0.596. The van der Waals surface area contributed by atoms with Gasteiger partial charge >= 0.3 is 0 Å². The third-order valence-electron chi connectivity index (χ3n) is 4.43. The molecule has 3 rings (SSSR count). The fourth-order valence-electron chi connectivity index (χ4n) is 2.78. The number of hydrogen-bond donors (Lipinski definition) is 2. The molecule has 0 atom stereocenters. The predicted molar refractivity (Wildman–Crippen MR) is 125 cm³/mol. The topological polar surface area (TPSA) is 91.2 Å². The molecule has 6 nitrogen and oxygen atoms in total. The number of halogens is 2. The first-order chi connectivity index (χ1) is 15.8. The number of carbonyl (C=O) groups is 2. The Morgan fingerprint density at radius 2 is 1.67 bits per heavy atom. The van der Waals surface area contributed by atoms with E-state index in [2.05, 4.69) is 10.6 Å². The van der Waals surface area contributed by atoms with E-state index in [1.807, 2.05) is 25.1 Å². The summed E-state index contributed by atoms with van der Waals surface area (Å²) in [5.41, 5.74) is 2.19. The van der Waals surface area contributed by atoms with Gasteiger partial charge in [0.2, 0.25) is 0 Å². The van der Waals surface area contributed by atoms with Gasteiger partial charge in [-0.05, 0) is 67.6 Å². The van der Waals surface area contributed by atoms with Gasteiger partial charge in [-0.15, -0.1) is 0 Å². The summed E-state index contributed by atoms with van der Waals surface area (Å²) >= 11 is 6.07. The van der Waals surface area contributed by atoms with E-state index in [-0.39, 0.29) is 17.9 Å². The Kier molecular flexibility index (Phi) is 7.79. The number of benzene rings is 3. The Morgan fingerprint density at radius 3 is 2.33 bits per heavy atom. The Hall–Kier alpha value is -4.15. The van der Waals surface area contributed by atoms with Crippen LogP contribution in [0.3, 0.4) is 0 Å². The summed E-state index contributed by atoms with van der Waals surface area (Å²) in [7, 11) is 0. The van der Waals surface area contributed by atoms with Crippen molar-refractivity contribution in [1.82, 2.24) is 0 Å². The Morgan fingerprint density at radius 1 is 1.03 bits per heavy atom. The molecule has 33 heavy (non-hydrogen) atoms. The van der Waals surface area contributed by atoms with Crippen molar-refractivity contribution in [2.45, 2.75) is 6.92 Å². The number of nitrogens with zero attached hydrogens (tertiary/aromatic N) is 1. The summed E-state index contributed by atoms with van der Waals surface area (Å²) in [6.07, 6.45) is 1.34. The lowest BCUT2D eigenvalue weighted by atomic mass is 10.1. The van der Waals surface area contributed by atoms with Gasteiger partial charge in [-0.25, -0.2) is 4.39 Å². The standard InChI is InChI=1S/C25H19ClFN3O3/c1-16-2-7-22(8-3-16)30-25(32)18(14-28)12-17-13-19(26)4-11-23(17)33-15-24(31)29-21-9-5-20(27)6-10-21/h2-13H,15H2,1H3,(H,29,31)(H,30,32)/b18-12-. The van der Waals surface area contributed by atoms with E-state index in [4.69, 9.17) is 16.3 Å². The maximum atomic E-state index is 13.0. The van der Waals surface area contributed by atoms with Crippen molar-refractivity contribution in [3.05, 3.63) is 94.3 Å². The molecule has 0 aliphatic heterocycles. The van der Waals surface area contributed by atoms with E-state index in [1.165, 1.54) is 42.5 Å². The number of aryl methyl sites for hydroxylation is 1. The van der Waals surface area contributed by atoms with E-state index >= 15 is 0 Å². The molecule has 166 valence electrons. The van der Waals surface area contributed by atoms with Crippen LogP contribution in [0, 0.1) is 24.1 Å². The SMILES string of the molecule is Cc1ccc(NC(=O)/C(C#N)=C\c2cc(Cl)ccc2OCC(=O)Nc2ccc(F)cc2)cc1. The fourth-order valence-corrected chi connectivity index (χ4v) is 2.96. The molecule has 0 spiro atoms. The molecule has 0 saturated carbocycles. The van der Waals surface area contributed by atoms with Gasteiger partial charge in [-0.1, -0.05) is 29.3 Å². The number of nitriles is 1. The molecule has 0 heterocycles. The van der Waals surface area contributed by atoms with Crippen molar-refractivity contribution in [2.75, 3.05) is 17.2 Å². The zero-order valence-corrected chi connectivity index (χ0v) is 18.3. The number of ether oxygens (including phenoxy) is 1. The number of rotatable bonds is 7. The Bertz CT molecular complexity index is 1230. The van der Waals surface area contributed by atoms with Gasteiger partial charge in [-0.2, -0.15) is 5.26 Å². The highest BCUT2D eigenvalue weighted by molar-refractivity contribution is 6.30. The molecule has 0 fully saturated rings. The van der Waals surface area contributed by atoms with Crippen molar-refractivity contribution in [1.29, 1.82) is 5.26 Å². The molecule has 3 aromatic rings. The summed E-state index contributed by atoms with van der Waals surface area (Å²) in [6.45, 7) is 1.57. The lowest BCUT2D eigenvalue weighted by Crippen LogP contribution is -2.20. The molecule has 0 unspecified atom stereocenters. The maximum Gasteiger partial charge on any atom is 0.266 e. The average Bonchev–Trinajstić information content (AvgIpc) is 2.79. The quantitative estimate of drug-likeness (QED) is 0.365. The van der Waals surface area contributed by atoms with Crippen LogP contribution in [0.25, 0.3) is 6.08 Å². The molecule has 0 aliphatic rings. The molecule has 0 saturated heterocycles. The third-order valence-corrected chi connectivity index (χ3v) is 4.67. The normalized spacial score (nSPS) is 10.8. The van der Waals surface area contributed by atoms with Crippen LogP contribution in [0.4, 0.5) is 15.8 Å². The number of nitrogens with one attached hydrogen (secondary N) is 2. The van der Waals surface area contributed by atoms with Gasteiger partial charge in [0, 0.05) is 22.0 Å². The van der Waals surface area contributed by atoms with Crippen molar-refractivity contribution < 1.29 is 18.7 Å². The highest BCUT2D eigenvalue weighted by Gasteiger charge is 2.13. The van der Waals surface area contributed by atoms with Crippen LogP contribution in [-0.4, -0.2) is 18.4 Å². The van der Waals surface area contributed by atoms with Crippen LogP contribution in [0.1, 0.15) is 11.1 Å². The van der Waals surface area contributed by atoms with Crippen LogP contribution in [0.5, 0.6) is 5.75 Å². The van der Waals surface area contributed by atoms with E-state index in [9.17, 15) is 19.2 Å². The smallest absolute Gasteiger partial charge is 0.266 e. The van der Waals surface area contributed by atoms with Crippen LogP contribution in [-0.2, 0) is 9.59 Å². The molecule has 0 bridgehead atoms. The third kappa shape index (κ3) is 6.92. The van der Waals surface area contributed by atoms with Gasteiger partial charge in [0.1, 0.15) is 23.2 Å². The van der Waals surface area contributed by atoms with Gasteiger partial charge in [0.05, 0.1) is 0 Å². The van der Waals surface area contributed by atoms with E-state index in [1.54, 1.807) is 18.2 Å². The number of amides is 2. The Balaban J connectivity index is 1.73. The molecule has 2 amide bonds. The van der Waals surface area contributed by atoms with Crippen molar-refractivity contribution in [2.24, 2.45) is 0 Å². The van der Waals surface area contributed by atoms with E-state index < -0.39 is 17.6 Å². The lowest BCUT2D eigenvalue weighted by molar-refractivity contribution is -0.118. The zero-order valence-electron chi connectivity index (χ0n) is 17.6. The summed E-state index contributed by atoms with van der Waals surface area (Å²) < 4.78 is 18.6. The molecule has 0 radical (unpaired) electrons. The van der Waals surface area contributed by atoms with Crippen molar-refractivity contribution in [3.8, 4) is 11.8 Å². The van der Waals surface area contributed by atoms with E-state index in [0.29, 0.717) is 22.0 Å². The minimum Gasteiger partial charge on any atom is -0.483 e. The van der Waals surface area contributed by atoms with Gasteiger partial charge < -0.3 is 15.4 Å². The average molecular weight is 464 g/mol. The van der Waals surface area contributed by atoms with Crippen LogP contribution in [0.15, 0.2) is 72.3 Å². The maximum absolute atomic E-state index is 13.0. The first-order valence-electron chi connectivity index (χ1n) is 9.81. The molecular formula is C25H19ClFN3O3. The van der Waals surface area contributed by atoms with Crippen molar-refractivity contribution >= 4 is 40.9 Å². The molecule has 3 aromatic carbocycles. The fraction of sp³-hybridized carbons (Fsp3) is 0.0800. The van der Waals surface area contributed by atoms with Crippen LogP contribution in [0.2, 0.25) is 5.02 Å². The van der Waals surface area contributed by atoms with Gasteiger partial charge in [0.25, 0.3) is 11.8 Å². The second-order valence-corrected chi connectivity index (χ2v) is 7.45. The predicted octanol–water partition coefficient (Wildman–Crippen LogP) is 5.35. The highest BCUT2D eigenvalue weighted by Crippen LogP contribution is 2.26. The zero-order chi connectivity index (χ0) is 23.8. The van der Waals surface area contributed by atoms with Gasteiger partial charge in [-0.3, -0.25) is 9.59 Å². The van der Waals surface area contributed by atoms with Crippen molar-refractivity contribution in [3.63, 3.8) is 0 Å². The van der Waals surface area contributed by atoms with Crippen LogP contribution < -0.4 is 15.4 Å². The molecule has 8 heteroatoms. The summed E-state index contributed by atoms with van der Waals surface area (Å²) in [4.78, 5) is 24.7. The molecule has 0 aliphatic carbocycles. The second kappa shape index (κ2) is 10.9. The summed E-state index contributed by atoms with van der Waals surface area (Å²) in [5.74, 6) is -1.23. The summed E-state index contributed by atoms with van der Waals surface area (Å²) in [6, 6.07) is 18.9. The van der Waals surface area contributed by atoms with Gasteiger partial charge in [0.15, 0.2) is 6.61 Å². The molecule has 0 aromatic heterocycles. The minimum absolute atomic E-state index is 0.168. The largest absolute Gasteiger partial charge is 0.483 e. The number of hydrogen-bond acceptors (Lipinski definition) is 4. The van der Waals surface area contributed by atoms with Crippen LogP contribution >= 0.6 is 11.6 Å². The Labute approximate surface area is 195 Å². The lowest BCUT2D eigenvalue weighted by Gasteiger charge is -2.11. The monoisotopic (exact) mass is 463 g/mol. The van der Waals surface area contributed by atoms with E-state index in [0.717, 1.165) is 5.56 Å². The summed E-state index contributed by atoms with van der Waals surface area (Å²) in [5, 5.41) is 15.1. The molecule has 2 N–H and O–H groups in total. The molecular weight excluding hydrogens is 445 g/mol. The first kappa shape index (κ1) is 23.5. The highest BCUT2D eigenvalue weighted by atomic mass is 35.5. The first-order valence-corrected chi connectivity index (χ1v) is 10.2. The number of carbonyl (C=O) groups excluding carboxylic acids is 2.